The zero-order chi connectivity index (χ0) is 38.7. The molecule has 0 saturated heterocycles. The van der Waals surface area contributed by atoms with Crippen molar-refractivity contribution in [2.75, 3.05) is 13.2 Å². The minimum Gasteiger partial charge on any atom is -0.462 e. The van der Waals surface area contributed by atoms with Gasteiger partial charge in [-0.05, 0) is 83.5 Å². The Balaban J connectivity index is 4.56. The number of ether oxygens (including phenoxy) is 3. The largest absolute Gasteiger partial charge is 0.462 e. The minimum atomic E-state index is -0.820. The zero-order valence-electron chi connectivity index (χ0n) is 33.5. The van der Waals surface area contributed by atoms with Gasteiger partial charge < -0.3 is 14.2 Å². The van der Waals surface area contributed by atoms with Gasteiger partial charge in [-0.3, -0.25) is 14.4 Å². The molecular weight excluding hydrogens is 661 g/mol. The van der Waals surface area contributed by atoms with Gasteiger partial charge in [0, 0.05) is 19.3 Å². The highest BCUT2D eigenvalue weighted by Crippen LogP contribution is 2.10. The average molecular weight is 733 g/mol. The lowest BCUT2D eigenvalue weighted by molar-refractivity contribution is -0.167. The molecule has 0 rings (SSSR count). The maximum atomic E-state index is 12.6. The Morgan fingerprint density at radius 3 is 1.38 bits per heavy atom. The van der Waals surface area contributed by atoms with E-state index in [1.807, 2.05) is 48.6 Å². The van der Waals surface area contributed by atoms with E-state index >= 15 is 0 Å². The summed E-state index contributed by atoms with van der Waals surface area (Å²) in [4.78, 5) is 37.5. The van der Waals surface area contributed by atoms with E-state index in [-0.39, 0.29) is 37.5 Å². The van der Waals surface area contributed by atoms with E-state index in [1.54, 1.807) is 0 Å². The Kier molecular flexibility index (Phi) is 37.8. The van der Waals surface area contributed by atoms with Crippen LogP contribution in [0.4, 0.5) is 0 Å². The normalized spacial score (nSPS) is 13.2. The predicted molar refractivity (Wildman–Crippen MR) is 223 cm³/mol. The quantitative estimate of drug-likeness (QED) is 0.0215. The molecule has 0 radical (unpaired) electrons. The second kappa shape index (κ2) is 40.8. The summed E-state index contributed by atoms with van der Waals surface area (Å²) >= 11 is 0. The number of esters is 3. The van der Waals surface area contributed by atoms with Crippen LogP contribution in [0.1, 0.15) is 149 Å². The summed E-state index contributed by atoms with van der Waals surface area (Å²) in [5, 5.41) is 0. The van der Waals surface area contributed by atoms with Gasteiger partial charge in [0.25, 0.3) is 0 Å². The van der Waals surface area contributed by atoms with Crippen LogP contribution in [0.25, 0.3) is 0 Å². The molecule has 0 N–H and O–H groups in total. The third-order valence-electron chi connectivity index (χ3n) is 7.90. The first kappa shape index (κ1) is 49.1. The fourth-order valence-corrected chi connectivity index (χ4v) is 4.83. The number of unbranched alkanes of at least 4 members (excludes halogenated alkanes) is 10. The Bertz CT molecular complexity index is 1160. The molecule has 6 heteroatoms. The summed E-state index contributed by atoms with van der Waals surface area (Å²) in [6, 6.07) is 0. The molecule has 0 aliphatic heterocycles. The van der Waals surface area contributed by atoms with E-state index in [2.05, 4.69) is 81.5 Å². The summed E-state index contributed by atoms with van der Waals surface area (Å²) in [6.07, 6.45) is 53.7. The zero-order valence-corrected chi connectivity index (χ0v) is 33.5. The van der Waals surface area contributed by atoms with Crippen LogP contribution in [-0.4, -0.2) is 37.2 Å². The highest BCUT2D eigenvalue weighted by atomic mass is 16.6. The smallest absolute Gasteiger partial charge is 0.306 e. The summed E-state index contributed by atoms with van der Waals surface area (Å²) < 4.78 is 16.5. The van der Waals surface area contributed by atoms with Gasteiger partial charge in [-0.1, -0.05) is 156 Å². The third kappa shape index (κ3) is 39.1. The van der Waals surface area contributed by atoms with Gasteiger partial charge in [-0.15, -0.1) is 0 Å². The van der Waals surface area contributed by atoms with Crippen LogP contribution in [0.5, 0.6) is 0 Å². The summed E-state index contributed by atoms with van der Waals surface area (Å²) in [6.45, 7) is 6.17. The van der Waals surface area contributed by atoms with Crippen LogP contribution in [0.15, 0.2) is 109 Å². The second-order valence-electron chi connectivity index (χ2n) is 12.9. The van der Waals surface area contributed by atoms with Crippen molar-refractivity contribution < 1.29 is 28.6 Å². The number of allylic oxidation sites excluding steroid dienone is 18. The van der Waals surface area contributed by atoms with Gasteiger partial charge in [-0.2, -0.15) is 0 Å². The topological polar surface area (TPSA) is 78.9 Å². The molecule has 296 valence electrons. The van der Waals surface area contributed by atoms with Gasteiger partial charge in [0.05, 0.1) is 0 Å². The van der Waals surface area contributed by atoms with Crippen molar-refractivity contribution in [3.8, 4) is 0 Å². The van der Waals surface area contributed by atoms with Crippen LogP contribution in [0.3, 0.4) is 0 Å². The molecule has 0 heterocycles. The van der Waals surface area contributed by atoms with E-state index in [0.717, 1.165) is 89.9 Å². The Morgan fingerprint density at radius 1 is 0.415 bits per heavy atom. The van der Waals surface area contributed by atoms with Gasteiger partial charge in [0.1, 0.15) is 13.2 Å². The fraction of sp³-hybridized carbons (Fsp3) is 0.553. The summed E-state index contributed by atoms with van der Waals surface area (Å²) in [5.74, 6) is -1.05. The van der Waals surface area contributed by atoms with Gasteiger partial charge in [0.15, 0.2) is 6.10 Å². The van der Waals surface area contributed by atoms with Gasteiger partial charge >= 0.3 is 17.9 Å². The van der Waals surface area contributed by atoms with Crippen LogP contribution in [0, 0.1) is 0 Å². The highest BCUT2D eigenvalue weighted by molar-refractivity contribution is 5.71. The molecule has 1 atom stereocenters. The van der Waals surface area contributed by atoms with Crippen LogP contribution in [-0.2, 0) is 28.6 Å². The molecule has 0 bridgehead atoms. The fourth-order valence-electron chi connectivity index (χ4n) is 4.83. The van der Waals surface area contributed by atoms with E-state index in [4.69, 9.17) is 14.2 Å². The van der Waals surface area contributed by atoms with Crippen molar-refractivity contribution in [3.05, 3.63) is 109 Å². The van der Waals surface area contributed by atoms with Crippen LogP contribution >= 0.6 is 0 Å². The van der Waals surface area contributed by atoms with E-state index in [0.29, 0.717) is 19.3 Å². The first-order valence-corrected chi connectivity index (χ1v) is 20.5. The average Bonchev–Trinajstić information content (AvgIpc) is 3.15. The molecule has 0 aliphatic carbocycles. The molecule has 53 heavy (non-hydrogen) atoms. The molecule has 0 fully saturated rings. The Morgan fingerprint density at radius 2 is 0.830 bits per heavy atom. The first-order valence-electron chi connectivity index (χ1n) is 20.5. The van der Waals surface area contributed by atoms with E-state index < -0.39 is 6.10 Å². The third-order valence-corrected chi connectivity index (χ3v) is 7.90. The molecule has 0 aromatic rings. The monoisotopic (exact) mass is 733 g/mol. The maximum absolute atomic E-state index is 12.6. The molecule has 0 aliphatic rings. The van der Waals surface area contributed by atoms with Crippen LogP contribution < -0.4 is 0 Å². The van der Waals surface area contributed by atoms with Crippen molar-refractivity contribution in [1.29, 1.82) is 0 Å². The van der Waals surface area contributed by atoms with Crippen molar-refractivity contribution >= 4 is 17.9 Å². The second-order valence-corrected chi connectivity index (χ2v) is 12.9. The number of carbonyl (C=O) groups is 3. The van der Waals surface area contributed by atoms with Crippen molar-refractivity contribution in [2.45, 2.75) is 155 Å². The standard InChI is InChI=1S/C47H72O6/c1-4-7-10-13-16-19-21-22-23-24-26-28-31-34-37-40-46(49)52-43-44(42-51-45(48)39-36-33-30-27-18-15-12-9-6-3)53-47(50)41-38-35-32-29-25-20-17-14-11-8-5-2/h7,9-10,12-14,16-27,44H,4-6,8,11,15,28-43H2,1-3H3/b10-7-,12-9-,16-13-,17-14-,21-19-,23-22-,25-20-,26-24-,27-18-. The number of rotatable bonds is 34. The SMILES string of the molecule is CC\C=C/C=C\C=C/C=C\C=C/CCCCCC(=O)OCC(COC(=O)CCCC/C=C\C/C=C\CC)OC(=O)CCCCC/C=C\C=C/CCCC. The van der Waals surface area contributed by atoms with Gasteiger partial charge in [-0.25, -0.2) is 0 Å². The highest BCUT2D eigenvalue weighted by Gasteiger charge is 2.19. The van der Waals surface area contributed by atoms with Crippen molar-refractivity contribution in [3.63, 3.8) is 0 Å². The van der Waals surface area contributed by atoms with E-state index in [1.165, 1.54) is 12.8 Å². The van der Waals surface area contributed by atoms with Crippen LogP contribution in [0.2, 0.25) is 0 Å². The number of hydrogen-bond acceptors (Lipinski definition) is 6. The van der Waals surface area contributed by atoms with E-state index in [9.17, 15) is 14.4 Å². The Labute approximate surface area is 323 Å². The summed E-state index contributed by atoms with van der Waals surface area (Å²) in [7, 11) is 0. The molecule has 0 saturated carbocycles. The van der Waals surface area contributed by atoms with Crippen molar-refractivity contribution in [1.82, 2.24) is 0 Å². The Hall–Kier alpha value is -3.93. The summed E-state index contributed by atoms with van der Waals surface area (Å²) in [5.41, 5.74) is 0. The molecular formula is C47H72O6. The maximum Gasteiger partial charge on any atom is 0.306 e. The van der Waals surface area contributed by atoms with Gasteiger partial charge in [0.2, 0.25) is 0 Å². The lowest BCUT2D eigenvalue weighted by Gasteiger charge is -2.18. The predicted octanol–water partition coefficient (Wildman–Crippen LogP) is 12.9. The molecule has 0 aromatic carbocycles. The molecule has 0 amide bonds. The molecule has 6 nitrogen and oxygen atoms in total. The first-order chi connectivity index (χ1) is 26.0. The lowest BCUT2D eigenvalue weighted by Crippen LogP contribution is -2.30. The minimum absolute atomic E-state index is 0.123. The number of hydrogen-bond donors (Lipinski definition) is 0. The number of carbonyl (C=O) groups excluding carboxylic acids is 3. The van der Waals surface area contributed by atoms with Crippen molar-refractivity contribution in [2.24, 2.45) is 0 Å². The molecule has 1 unspecified atom stereocenters. The molecule has 0 aromatic heterocycles. The molecule has 0 spiro atoms. The lowest BCUT2D eigenvalue weighted by atomic mass is 10.1.